The predicted octanol–water partition coefficient (Wildman–Crippen LogP) is 4.99. The molecule has 1 atom stereocenters. The second-order valence-corrected chi connectivity index (χ2v) is 10.3. The lowest BCUT2D eigenvalue weighted by molar-refractivity contribution is 0.0244. The lowest BCUT2D eigenvalue weighted by atomic mass is 10.1. The Balaban J connectivity index is 1.35. The van der Waals surface area contributed by atoms with E-state index in [0.29, 0.717) is 23.9 Å². The summed E-state index contributed by atoms with van der Waals surface area (Å²) in [7, 11) is 0. The van der Waals surface area contributed by atoms with Gasteiger partial charge < -0.3 is 9.67 Å². The van der Waals surface area contributed by atoms with Crippen molar-refractivity contribution in [2.75, 3.05) is 25.5 Å². The highest BCUT2D eigenvalue weighted by Gasteiger charge is 2.31. The Morgan fingerprint density at radius 2 is 1.58 bits per heavy atom. The van der Waals surface area contributed by atoms with E-state index in [0.717, 1.165) is 36.0 Å². The van der Waals surface area contributed by atoms with Gasteiger partial charge in [0.1, 0.15) is 11.6 Å². The van der Waals surface area contributed by atoms with Crippen LogP contribution in [-0.4, -0.2) is 56.0 Å². The molecule has 1 saturated heterocycles. The van der Waals surface area contributed by atoms with Crippen molar-refractivity contribution in [1.82, 2.24) is 13.8 Å². The van der Waals surface area contributed by atoms with Gasteiger partial charge in [-0.3, -0.25) is 4.90 Å². The van der Waals surface area contributed by atoms with Gasteiger partial charge in [-0.2, -0.15) is 0 Å². The first-order valence-electron chi connectivity index (χ1n) is 11.1. The summed E-state index contributed by atoms with van der Waals surface area (Å²) >= 11 is 1.80. The molecule has 7 heteroatoms. The molecule has 0 amide bonds. The van der Waals surface area contributed by atoms with Crippen LogP contribution in [0, 0.1) is 11.6 Å². The van der Waals surface area contributed by atoms with Crippen molar-refractivity contribution in [2.24, 2.45) is 0 Å². The standard InChI is InChI=1S/C24H29F2N3OS/c1-24(30,14-28-11-10-27(16-31-28)19-4-2-3-5-19)15-29-22-8-6-17(25)12-20(22)21-13-18(26)7-9-23(21)29/h6-9,12-13,19,30H,2-5,10-11,14-16H2,1H3. The number of fused-ring (bicyclic) bond motifs is 3. The van der Waals surface area contributed by atoms with E-state index < -0.39 is 5.60 Å². The van der Waals surface area contributed by atoms with Crippen LogP contribution in [0.25, 0.3) is 21.8 Å². The minimum absolute atomic E-state index is 0.348. The van der Waals surface area contributed by atoms with E-state index in [1.807, 2.05) is 11.5 Å². The third-order valence-corrected chi connectivity index (χ3v) is 7.81. The molecule has 0 spiro atoms. The number of hydrogen-bond acceptors (Lipinski definition) is 4. The van der Waals surface area contributed by atoms with Gasteiger partial charge in [-0.05, 0) is 56.2 Å². The zero-order valence-corrected chi connectivity index (χ0v) is 18.7. The Bertz CT molecular complexity index is 1030. The molecule has 166 valence electrons. The number of benzene rings is 2. The fraction of sp³-hybridized carbons (Fsp3) is 0.500. The number of β-amino-alcohol motifs (C(OH)–C–C–N with tert-alkyl or cyclic N) is 1. The Morgan fingerprint density at radius 1 is 0.968 bits per heavy atom. The summed E-state index contributed by atoms with van der Waals surface area (Å²) < 4.78 is 32.0. The SMILES string of the molecule is CC(O)(CN1CCN(C2CCCC2)CS1)Cn1c2ccc(F)cc2c2cc(F)ccc21. The van der Waals surface area contributed by atoms with E-state index in [1.54, 1.807) is 24.1 Å². The van der Waals surface area contributed by atoms with Gasteiger partial charge in [0.15, 0.2) is 0 Å². The molecular weight excluding hydrogens is 416 g/mol. The Hall–Kier alpha value is -1.67. The topological polar surface area (TPSA) is 31.6 Å². The quantitative estimate of drug-likeness (QED) is 0.561. The average molecular weight is 446 g/mol. The van der Waals surface area contributed by atoms with Gasteiger partial charge >= 0.3 is 0 Å². The van der Waals surface area contributed by atoms with Crippen LogP contribution in [0.4, 0.5) is 8.78 Å². The average Bonchev–Trinajstić information content (AvgIpc) is 3.36. The molecule has 1 aliphatic carbocycles. The molecule has 0 bridgehead atoms. The van der Waals surface area contributed by atoms with Gasteiger partial charge in [-0.1, -0.05) is 24.8 Å². The molecule has 1 saturated carbocycles. The van der Waals surface area contributed by atoms with Crippen LogP contribution in [0.3, 0.4) is 0 Å². The van der Waals surface area contributed by atoms with E-state index in [9.17, 15) is 13.9 Å². The fourth-order valence-electron chi connectivity index (χ4n) is 5.20. The lowest BCUT2D eigenvalue weighted by Gasteiger charge is -2.39. The number of rotatable bonds is 5. The normalized spacial score (nSPS) is 21.3. The summed E-state index contributed by atoms with van der Waals surface area (Å²) in [5.41, 5.74) is 0.631. The number of nitrogens with zero attached hydrogens (tertiary/aromatic N) is 3. The van der Waals surface area contributed by atoms with E-state index in [2.05, 4.69) is 9.21 Å². The molecule has 2 fully saturated rings. The molecule has 2 aliphatic rings. The summed E-state index contributed by atoms with van der Waals surface area (Å²) in [4.78, 5) is 2.58. The minimum atomic E-state index is -0.982. The third kappa shape index (κ3) is 4.33. The molecule has 4 nitrogen and oxygen atoms in total. The molecule has 0 radical (unpaired) electrons. The first-order valence-corrected chi connectivity index (χ1v) is 12.1. The molecule has 1 unspecified atom stereocenters. The van der Waals surface area contributed by atoms with Crippen LogP contribution in [0.15, 0.2) is 36.4 Å². The fourth-order valence-corrected chi connectivity index (χ4v) is 6.43. The second-order valence-electron chi connectivity index (χ2n) is 9.28. The molecule has 2 heterocycles. The highest BCUT2D eigenvalue weighted by molar-refractivity contribution is 7.97. The summed E-state index contributed by atoms with van der Waals surface area (Å²) in [5, 5.41) is 12.6. The van der Waals surface area contributed by atoms with Crippen molar-refractivity contribution >= 4 is 33.8 Å². The minimum Gasteiger partial charge on any atom is -0.387 e. The zero-order chi connectivity index (χ0) is 21.6. The van der Waals surface area contributed by atoms with Crippen LogP contribution in [0.5, 0.6) is 0 Å². The maximum Gasteiger partial charge on any atom is 0.123 e. The highest BCUT2D eigenvalue weighted by Crippen LogP contribution is 2.33. The van der Waals surface area contributed by atoms with E-state index in [4.69, 9.17) is 0 Å². The lowest BCUT2D eigenvalue weighted by Crippen LogP contribution is -2.48. The van der Waals surface area contributed by atoms with Crippen molar-refractivity contribution in [3.8, 4) is 0 Å². The summed E-state index contributed by atoms with van der Waals surface area (Å²) in [6, 6.07) is 9.89. The van der Waals surface area contributed by atoms with E-state index in [-0.39, 0.29) is 11.6 Å². The molecule has 1 aliphatic heterocycles. The molecular formula is C24H29F2N3OS. The van der Waals surface area contributed by atoms with Crippen LogP contribution < -0.4 is 0 Å². The van der Waals surface area contributed by atoms with Gasteiger partial charge in [-0.15, -0.1) is 0 Å². The molecule has 3 aromatic rings. The van der Waals surface area contributed by atoms with Gasteiger partial charge in [-0.25, -0.2) is 13.1 Å². The maximum atomic E-state index is 13.9. The predicted molar refractivity (Wildman–Crippen MR) is 123 cm³/mol. The first-order chi connectivity index (χ1) is 14.9. The van der Waals surface area contributed by atoms with Crippen molar-refractivity contribution in [1.29, 1.82) is 0 Å². The molecule has 31 heavy (non-hydrogen) atoms. The van der Waals surface area contributed by atoms with Crippen LogP contribution in [-0.2, 0) is 6.54 Å². The summed E-state index contributed by atoms with van der Waals surface area (Å²) in [6.45, 7) is 4.72. The van der Waals surface area contributed by atoms with E-state index in [1.165, 1.54) is 49.9 Å². The molecule has 5 rings (SSSR count). The third-order valence-electron chi connectivity index (χ3n) is 6.69. The van der Waals surface area contributed by atoms with Gasteiger partial charge in [0, 0.05) is 47.5 Å². The van der Waals surface area contributed by atoms with Gasteiger partial charge in [0.05, 0.1) is 18.0 Å². The molecule has 2 aromatic carbocycles. The van der Waals surface area contributed by atoms with Crippen LogP contribution in [0.1, 0.15) is 32.6 Å². The van der Waals surface area contributed by atoms with Gasteiger partial charge in [0.25, 0.3) is 0 Å². The maximum absolute atomic E-state index is 13.9. The van der Waals surface area contributed by atoms with Crippen molar-refractivity contribution in [3.63, 3.8) is 0 Å². The van der Waals surface area contributed by atoms with E-state index >= 15 is 0 Å². The Kier molecular flexibility index (Phi) is 5.71. The monoisotopic (exact) mass is 445 g/mol. The number of hydrogen-bond donors (Lipinski definition) is 1. The van der Waals surface area contributed by atoms with Crippen molar-refractivity contribution in [2.45, 2.75) is 50.8 Å². The summed E-state index contributed by atoms with van der Waals surface area (Å²) in [6.07, 6.45) is 5.31. The van der Waals surface area contributed by atoms with Crippen molar-refractivity contribution < 1.29 is 13.9 Å². The summed E-state index contributed by atoms with van der Waals surface area (Å²) in [5.74, 6) is 0.285. The largest absolute Gasteiger partial charge is 0.387 e. The second kappa shape index (κ2) is 8.35. The van der Waals surface area contributed by atoms with Crippen LogP contribution >= 0.6 is 11.9 Å². The number of aromatic nitrogens is 1. The number of aliphatic hydroxyl groups is 1. The Labute approximate surface area is 185 Å². The first kappa shape index (κ1) is 21.2. The smallest absolute Gasteiger partial charge is 0.123 e. The number of halogens is 2. The Morgan fingerprint density at radius 3 is 2.13 bits per heavy atom. The van der Waals surface area contributed by atoms with Crippen molar-refractivity contribution in [3.05, 3.63) is 48.0 Å². The zero-order valence-electron chi connectivity index (χ0n) is 17.9. The highest BCUT2D eigenvalue weighted by atomic mass is 32.2. The van der Waals surface area contributed by atoms with Crippen LogP contribution in [0.2, 0.25) is 0 Å². The van der Waals surface area contributed by atoms with Gasteiger partial charge in [0.2, 0.25) is 0 Å². The molecule has 1 aromatic heterocycles. The molecule has 1 N–H and O–H groups in total.